The van der Waals surface area contributed by atoms with Crippen LogP contribution in [0.3, 0.4) is 0 Å². The molecule has 1 N–H and O–H groups in total. The number of carbonyl (C=O) groups is 2. The third-order valence-corrected chi connectivity index (χ3v) is 2.38. The molecule has 0 aromatic carbocycles. The lowest BCUT2D eigenvalue weighted by atomic mass is 10.5. The molecule has 6 heteroatoms. The van der Waals surface area contributed by atoms with Crippen LogP contribution >= 0.6 is 11.3 Å². The highest BCUT2D eigenvalue weighted by atomic mass is 32.1. The molecule has 0 aliphatic carbocycles. The fourth-order valence-electron chi connectivity index (χ4n) is 0.819. The zero-order valence-corrected chi connectivity index (χ0v) is 8.68. The van der Waals surface area contributed by atoms with E-state index in [2.05, 4.69) is 15.0 Å². The summed E-state index contributed by atoms with van der Waals surface area (Å²) in [5.41, 5.74) is 0. The third kappa shape index (κ3) is 2.81. The molecule has 0 radical (unpaired) electrons. The molecule has 0 saturated heterocycles. The van der Waals surface area contributed by atoms with Gasteiger partial charge in [0.1, 0.15) is 0 Å². The molecule has 0 saturated carbocycles. The van der Waals surface area contributed by atoms with Gasteiger partial charge in [-0.25, -0.2) is 9.78 Å². The Morgan fingerprint density at radius 3 is 2.86 bits per heavy atom. The van der Waals surface area contributed by atoms with Crippen molar-refractivity contribution in [1.29, 1.82) is 0 Å². The maximum Gasteiger partial charge on any atom is 0.396 e. The number of thiazole rings is 1. The average Bonchev–Trinajstić information content (AvgIpc) is 2.59. The van der Waals surface area contributed by atoms with Gasteiger partial charge in [-0.15, -0.1) is 11.3 Å². The van der Waals surface area contributed by atoms with E-state index in [-0.39, 0.29) is 0 Å². The monoisotopic (exact) mass is 214 g/mol. The number of ether oxygens (including phenoxy) is 1. The Balaban J connectivity index is 2.41. The van der Waals surface area contributed by atoms with Crippen LogP contribution < -0.4 is 5.32 Å². The first-order chi connectivity index (χ1) is 6.63. The van der Waals surface area contributed by atoms with E-state index in [9.17, 15) is 9.59 Å². The summed E-state index contributed by atoms with van der Waals surface area (Å²) in [7, 11) is 1.17. The van der Waals surface area contributed by atoms with E-state index in [1.54, 1.807) is 6.20 Å². The zero-order valence-electron chi connectivity index (χ0n) is 7.86. The predicted molar refractivity (Wildman–Crippen MR) is 50.7 cm³/mol. The van der Waals surface area contributed by atoms with Crippen LogP contribution in [0.2, 0.25) is 0 Å². The molecular weight excluding hydrogens is 204 g/mol. The topological polar surface area (TPSA) is 68.3 Å². The van der Waals surface area contributed by atoms with Gasteiger partial charge in [-0.05, 0) is 6.92 Å². The Labute approximate surface area is 85.1 Å². The van der Waals surface area contributed by atoms with Crippen LogP contribution in [0.5, 0.6) is 0 Å². The summed E-state index contributed by atoms with van der Waals surface area (Å²) in [5, 5.41) is 3.34. The van der Waals surface area contributed by atoms with E-state index in [1.165, 1.54) is 18.4 Å². The highest BCUT2D eigenvalue weighted by molar-refractivity contribution is 7.11. The zero-order chi connectivity index (χ0) is 10.6. The molecule has 0 atom stereocenters. The summed E-state index contributed by atoms with van der Waals surface area (Å²) < 4.78 is 4.24. The van der Waals surface area contributed by atoms with Gasteiger partial charge in [0, 0.05) is 11.1 Å². The Morgan fingerprint density at radius 2 is 2.36 bits per heavy atom. The number of rotatable bonds is 2. The van der Waals surface area contributed by atoms with Crippen molar-refractivity contribution in [3.05, 3.63) is 16.1 Å². The Morgan fingerprint density at radius 1 is 1.64 bits per heavy atom. The number of aryl methyl sites for hydroxylation is 1. The van der Waals surface area contributed by atoms with E-state index in [0.717, 1.165) is 9.88 Å². The van der Waals surface area contributed by atoms with Gasteiger partial charge in [0.05, 0.1) is 18.7 Å². The van der Waals surface area contributed by atoms with E-state index < -0.39 is 11.9 Å². The minimum absolute atomic E-state index is 0.305. The average molecular weight is 214 g/mol. The molecule has 1 aromatic rings. The van der Waals surface area contributed by atoms with Crippen molar-refractivity contribution in [2.24, 2.45) is 0 Å². The molecule has 5 nitrogen and oxygen atoms in total. The van der Waals surface area contributed by atoms with Crippen LogP contribution in [0.4, 0.5) is 0 Å². The molecule has 1 aromatic heterocycles. The Bertz CT molecular complexity index is 348. The maximum absolute atomic E-state index is 11.0. The number of hydrogen-bond donors (Lipinski definition) is 1. The number of hydrogen-bond acceptors (Lipinski definition) is 5. The van der Waals surface area contributed by atoms with Crippen LogP contribution in [0.15, 0.2) is 6.20 Å². The lowest BCUT2D eigenvalue weighted by molar-refractivity contribution is -0.152. The van der Waals surface area contributed by atoms with Gasteiger partial charge >= 0.3 is 11.9 Å². The summed E-state index contributed by atoms with van der Waals surface area (Å²) in [6, 6.07) is 0. The quantitative estimate of drug-likeness (QED) is 0.565. The standard InChI is InChI=1S/C8H10N2O3S/c1-5-9-3-6(14-5)4-10-7(11)8(12)13-2/h3H,4H2,1-2H3,(H,10,11). The van der Waals surface area contributed by atoms with Gasteiger partial charge in [0.15, 0.2) is 0 Å². The summed E-state index contributed by atoms with van der Waals surface area (Å²) in [5.74, 6) is -1.62. The molecule has 1 rings (SSSR count). The van der Waals surface area contributed by atoms with Crippen molar-refractivity contribution in [2.45, 2.75) is 13.5 Å². The number of nitrogens with one attached hydrogen (secondary N) is 1. The molecule has 0 bridgehead atoms. The van der Waals surface area contributed by atoms with Gasteiger partial charge in [0.25, 0.3) is 0 Å². The van der Waals surface area contributed by atoms with Gasteiger partial charge in [0.2, 0.25) is 0 Å². The summed E-state index contributed by atoms with van der Waals surface area (Å²) >= 11 is 1.47. The molecule has 1 amide bonds. The van der Waals surface area contributed by atoms with E-state index >= 15 is 0 Å². The van der Waals surface area contributed by atoms with Gasteiger partial charge in [-0.1, -0.05) is 0 Å². The van der Waals surface area contributed by atoms with Crippen molar-refractivity contribution >= 4 is 23.2 Å². The van der Waals surface area contributed by atoms with Crippen molar-refractivity contribution in [3.63, 3.8) is 0 Å². The SMILES string of the molecule is COC(=O)C(=O)NCc1cnc(C)s1. The first kappa shape index (κ1) is 10.6. The summed E-state index contributed by atoms with van der Waals surface area (Å²) in [6.45, 7) is 2.18. The Kier molecular flexibility index (Phi) is 3.58. The lowest BCUT2D eigenvalue weighted by Crippen LogP contribution is -2.31. The number of aromatic nitrogens is 1. The van der Waals surface area contributed by atoms with E-state index in [0.29, 0.717) is 6.54 Å². The van der Waals surface area contributed by atoms with Crippen molar-refractivity contribution < 1.29 is 14.3 Å². The fourth-order valence-corrected chi connectivity index (χ4v) is 1.55. The number of amides is 1. The second-order valence-electron chi connectivity index (χ2n) is 2.52. The molecule has 0 fully saturated rings. The third-order valence-electron chi connectivity index (χ3n) is 1.46. The molecule has 0 spiro atoms. The molecule has 14 heavy (non-hydrogen) atoms. The highest BCUT2D eigenvalue weighted by Gasteiger charge is 2.12. The van der Waals surface area contributed by atoms with Crippen LogP contribution in [-0.2, 0) is 20.9 Å². The molecule has 0 aliphatic rings. The normalized spacial score (nSPS) is 9.57. The van der Waals surface area contributed by atoms with Crippen molar-refractivity contribution in [3.8, 4) is 0 Å². The highest BCUT2D eigenvalue weighted by Crippen LogP contribution is 2.10. The maximum atomic E-state index is 11.0. The van der Waals surface area contributed by atoms with Crippen LogP contribution in [0, 0.1) is 6.92 Å². The van der Waals surface area contributed by atoms with Gasteiger partial charge in [-0.3, -0.25) is 4.79 Å². The number of methoxy groups -OCH3 is 1. The molecule has 1 heterocycles. The van der Waals surface area contributed by atoms with Crippen LogP contribution in [0.1, 0.15) is 9.88 Å². The first-order valence-corrected chi connectivity index (χ1v) is 4.72. The summed E-state index contributed by atoms with van der Waals surface area (Å²) in [4.78, 5) is 26.6. The second-order valence-corrected chi connectivity index (χ2v) is 3.84. The number of nitrogens with zero attached hydrogens (tertiary/aromatic N) is 1. The predicted octanol–water partition coefficient (Wildman–Crippen LogP) is 0.241. The largest absolute Gasteiger partial charge is 0.462 e. The second kappa shape index (κ2) is 4.71. The molecule has 0 unspecified atom stereocenters. The number of esters is 1. The van der Waals surface area contributed by atoms with Crippen LogP contribution in [0.25, 0.3) is 0 Å². The molecular formula is C8H10N2O3S. The lowest BCUT2D eigenvalue weighted by Gasteiger charge is -1.99. The minimum Gasteiger partial charge on any atom is -0.462 e. The first-order valence-electron chi connectivity index (χ1n) is 3.91. The van der Waals surface area contributed by atoms with Crippen molar-refractivity contribution in [1.82, 2.24) is 10.3 Å². The smallest absolute Gasteiger partial charge is 0.396 e. The fraction of sp³-hybridized carbons (Fsp3) is 0.375. The van der Waals surface area contributed by atoms with Crippen molar-refractivity contribution in [2.75, 3.05) is 7.11 Å². The van der Waals surface area contributed by atoms with Crippen LogP contribution in [-0.4, -0.2) is 24.0 Å². The Hall–Kier alpha value is -1.43. The van der Waals surface area contributed by atoms with E-state index in [4.69, 9.17) is 0 Å². The van der Waals surface area contributed by atoms with E-state index in [1.807, 2.05) is 6.92 Å². The number of carbonyl (C=O) groups excluding carboxylic acids is 2. The van der Waals surface area contributed by atoms with Gasteiger partial charge in [-0.2, -0.15) is 0 Å². The summed E-state index contributed by atoms with van der Waals surface area (Å²) in [6.07, 6.45) is 1.66. The minimum atomic E-state index is -0.883. The van der Waals surface area contributed by atoms with Gasteiger partial charge < -0.3 is 10.1 Å². The molecule has 0 aliphatic heterocycles. The molecule has 76 valence electrons.